The number of fused-ring (bicyclic) bond motifs is 4. The lowest BCUT2D eigenvalue weighted by atomic mass is 9.46. The van der Waals surface area contributed by atoms with Crippen molar-refractivity contribution >= 4 is 5.97 Å². The van der Waals surface area contributed by atoms with Gasteiger partial charge in [0, 0.05) is 6.92 Å². The molecule has 2 heteroatoms. The van der Waals surface area contributed by atoms with Gasteiger partial charge < -0.3 is 4.74 Å². The van der Waals surface area contributed by atoms with Gasteiger partial charge in [0.1, 0.15) is 6.10 Å². The van der Waals surface area contributed by atoms with Crippen LogP contribution < -0.4 is 0 Å². The molecule has 0 aromatic rings. The average molecular weight is 455 g/mol. The van der Waals surface area contributed by atoms with Gasteiger partial charge in [-0.25, -0.2) is 0 Å². The van der Waals surface area contributed by atoms with Crippen molar-refractivity contribution in [1.82, 2.24) is 0 Å². The molecule has 4 aliphatic carbocycles. The van der Waals surface area contributed by atoms with Crippen molar-refractivity contribution in [2.75, 3.05) is 0 Å². The smallest absolute Gasteiger partial charge is 0.302 e. The number of carbonyl (C=O) groups excluding carboxylic acids is 1. The van der Waals surface area contributed by atoms with Gasteiger partial charge in [-0.1, -0.05) is 64.8 Å². The molecule has 0 amide bonds. The monoisotopic (exact) mass is 454 g/mol. The second kappa shape index (κ2) is 8.87. The molecule has 2 saturated carbocycles. The number of rotatable bonds is 6. The normalized spacial score (nSPS) is 41.3. The Bertz CT molecular complexity index is 821. The standard InChI is InChI=1S/C31H50O2/c1-20(2)21(3)9-10-22(4)26-14-17-31(8)28-12-11-24-19-25(33-23(5)32)13-16-29(24,6)27(28)15-18-30(26,31)7/h20,22,24-26H,3,9-19H2,1-2,4-8H3/t22-,24+,25+,26-,29+,30-,31+/m1/s1. The van der Waals surface area contributed by atoms with Gasteiger partial charge in [0.25, 0.3) is 0 Å². The highest BCUT2D eigenvalue weighted by molar-refractivity contribution is 5.66. The first-order chi connectivity index (χ1) is 15.4. The summed E-state index contributed by atoms with van der Waals surface area (Å²) in [5.41, 5.74) is 6.26. The Hall–Kier alpha value is -1.05. The average Bonchev–Trinajstić information content (AvgIpc) is 3.03. The van der Waals surface area contributed by atoms with E-state index in [4.69, 9.17) is 4.74 Å². The molecule has 0 bridgehead atoms. The summed E-state index contributed by atoms with van der Waals surface area (Å²) in [5, 5.41) is 0. The maximum atomic E-state index is 11.5. The summed E-state index contributed by atoms with van der Waals surface area (Å²) in [6, 6.07) is 0. The van der Waals surface area contributed by atoms with Crippen molar-refractivity contribution in [2.24, 2.45) is 39.9 Å². The van der Waals surface area contributed by atoms with E-state index >= 15 is 0 Å². The molecule has 186 valence electrons. The van der Waals surface area contributed by atoms with E-state index in [-0.39, 0.29) is 12.1 Å². The van der Waals surface area contributed by atoms with Crippen LogP contribution in [0.2, 0.25) is 0 Å². The molecule has 0 aromatic carbocycles. The summed E-state index contributed by atoms with van der Waals surface area (Å²) >= 11 is 0. The van der Waals surface area contributed by atoms with Crippen molar-refractivity contribution < 1.29 is 9.53 Å². The second-order valence-electron chi connectivity index (χ2n) is 13.3. The summed E-state index contributed by atoms with van der Waals surface area (Å²) in [6.45, 7) is 20.9. The van der Waals surface area contributed by atoms with Crippen molar-refractivity contribution in [3.63, 3.8) is 0 Å². The Morgan fingerprint density at radius 1 is 1.03 bits per heavy atom. The summed E-state index contributed by atoms with van der Waals surface area (Å²) in [7, 11) is 0. The molecule has 0 saturated heterocycles. The van der Waals surface area contributed by atoms with Gasteiger partial charge in [-0.3, -0.25) is 4.79 Å². The van der Waals surface area contributed by atoms with E-state index in [0.29, 0.717) is 28.1 Å². The van der Waals surface area contributed by atoms with E-state index < -0.39 is 0 Å². The first-order valence-corrected chi connectivity index (χ1v) is 14.0. The predicted molar refractivity (Wildman–Crippen MR) is 138 cm³/mol. The lowest BCUT2D eigenvalue weighted by Crippen LogP contribution is -2.49. The van der Waals surface area contributed by atoms with Gasteiger partial charge in [-0.05, 0) is 111 Å². The highest BCUT2D eigenvalue weighted by Crippen LogP contribution is 2.71. The molecule has 0 radical (unpaired) electrons. The Morgan fingerprint density at radius 2 is 1.76 bits per heavy atom. The van der Waals surface area contributed by atoms with E-state index in [1.54, 1.807) is 6.92 Å². The fourth-order valence-electron chi connectivity index (χ4n) is 9.01. The van der Waals surface area contributed by atoms with Crippen molar-refractivity contribution in [1.29, 1.82) is 0 Å². The third-order valence-electron chi connectivity index (χ3n) is 11.6. The van der Waals surface area contributed by atoms with Crippen LogP contribution in [0.5, 0.6) is 0 Å². The Balaban J connectivity index is 1.55. The molecular weight excluding hydrogens is 404 g/mol. The van der Waals surface area contributed by atoms with Crippen LogP contribution >= 0.6 is 0 Å². The molecule has 2 nitrogen and oxygen atoms in total. The van der Waals surface area contributed by atoms with E-state index in [1.807, 2.05) is 11.1 Å². The lowest BCUT2D eigenvalue weighted by molar-refractivity contribution is -0.150. The van der Waals surface area contributed by atoms with Gasteiger partial charge in [0.2, 0.25) is 0 Å². The minimum atomic E-state index is -0.108. The van der Waals surface area contributed by atoms with E-state index in [1.165, 1.54) is 63.4 Å². The predicted octanol–water partition coefficient (Wildman–Crippen LogP) is 8.66. The van der Waals surface area contributed by atoms with Crippen LogP contribution in [0.25, 0.3) is 0 Å². The van der Waals surface area contributed by atoms with Crippen molar-refractivity contribution in [3.05, 3.63) is 23.3 Å². The molecule has 0 aromatic heterocycles. The minimum Gasteiger partial charge on any atom is -0.463 e. The maximum absolute atomic E-state index is 11.5. The molecule has 7 atom stereocenters. The molecule has 4 aliphatic rings. The molecular formula is C31H50O2. The number of esters is 1. The molecule has 4 rings (SSSR count). The zero-order valence-corrected chi connectivity index (χ0v) is 22.7. The number of hydrogen-bond acceptors (Lipinski definition) is 2. The van der Waals surface area contributed by atoms with Gasteiger partial charge in [0.05, 0.1) is 0 Å². The first-order valence-electron chi connectivity index (χ1n) is 14.0. The van der Waals surface area contributed by atoms with Gasteiger partial charge >= 0.3 is 5.97 Å². The number of hydrogen-bond donors (Lipinski definition) is 0. The topological polar surface area (TPSA) is 26.3 Å². The first kappa shape index (κ1) is 25.1. The SMILES string of the molecule is C=C(CC[C@@H](C)[C@H]1CC[C@@]2(C)C3=C(CC[C@]12C)[C@@]1(C)CC[C@H](OC(C)=O)C[C@@H]1CC3)C(C)C. The Kier molecular flexibility index (Phi) is 6.73. The van der Waals surface area contributed by atoms with Crippen LogP contribution in [0, 0.1) is 39.9 Å². The van der Waals surface area contributed by atoms with Crippen molar-refractivity contribution in [2.45, 2.75) is 125 Å². The second-order valence-corrected chi connectivity index (χ2v) is 13.3. The molecule has 0 spiro atoms. The quantitative estimate of drug-likeness (QED) is 0.296. The Morgan fingerprint density at radius 3 is 2.42 bits per heavy atom. The molecule has 2 fully saturated rings. The number of carbonyl (C=O) groups is 1. The summed E-state index contributed by atoms with van der Waals surface area (Å²) in [5.74, 6) is 2.79. The Labute approximate surface area is 204 Å². The summed E-state index contributed by atoms with van der Waals surface area (Å²) in [4.78, 5) is 11.5. The number of ether oxygens (including phenoxy) is 1. The van der Waals surface area contributed by atoms with Gasteiger partial charge in [-0.2, -0.15) is 0 Å². The highest BCUT2D eigenvalue weighted by Gasteiger charge is 2.61. The van der Waals surface area contributed by atoms with Gasteiger partial charge in [-0.15, -0.1) is 0 Å². The van der Waals surface area contributed by atoms with E-state index in [2.05, 4.69) is 48.1 Å². The maximum Gasteiger partial charge on any atom is 0.302 e. The minimum absolute atomic E-state index is 0.108. The van der Waals surface area contributed by atoms with E-state index in [0.717, 1.165) is 24.7 Å². The van der Waals surface area contributed by atoms with Crippen molar-refractivity contribution in [3.8, 4) is 0 Å². The third-order valence-corrected chi connectivity index (χ3v) is 11.6. The molecule has 33 heavy (non-hydrogen) atoms. The molecule has 0 aliphatic heterocycles. The fraction of sp³-hybridized carbons (Fsp3) is 0.839. The molecule has 0 heterocycles. The van der Waals surface area contributed by atoms with E-state index in [9.17, 15) is 4.79 Å². The number of allylic oxidation sites excluding steroid dienone is 3. The fourth-order valence-corrected chi connectivity index (χ4v) is 9.01. The van der Waals surface area contributed by atoms with Crippen LogP contribution in [-0.4, -0.2) is 12.1 Å². The summed E-state index contributed by atoms with van der Waals surface area (Å²) < 4.78 is 5.66. The van der Waals surface area contributed by atoms with Crippen LogP contribution in [0.15, 0.2) is 23.3 Å². The molecule has 0 N–H and O–H groups in total. The molecule has 0 unspecified atom stereocenters. The third kappa shape index (κ3) is 4.06. The van der Waals surface area contributed by atoms with Crippen LogP contribution in [0.4, 0.5) is 0 Å². The summed E-state index contributed by atoms with van der Waals surface area (Å²) in [6.07, 6.45) is 13.9. The zero-order chi connectivity index (χ0) is 24.2. The highest BCUT2D eigenvalue weighted by atomic mass is 16.5. The van der Waals surface area contributed by atoms with Crippen LogP contribution in [0.3, 0.4) is 0 Å². The largest absolute Gasteiger partial charge is 0.463 e. The van der Waals surface area contributed by atoms with Crippen LogP contribution in [-0.2, 0) is 9.53 Å². The van der Waals surface area contributed by atoms with Crippen LogP contribution in [0.1, 0.15) is 119 Å². The zero-order valence-electron chi connectivity index (χ0n) is 22.7. The lowest BCUT2D eigenvalue weighted by Gasteiger charge is -2.59. The van der Waals surface area contributed by atoms with Gasteiger partial charge in [0.15, 0.2) is 0 Å².